The zero-order valence-electron chi connectivity index (χ0n) is 16.7. The number of rotatable bonds is 2. The van der Waals surface area contributed by atoms with Crippen LogP contribution in [-0.2, 0) is 12.0 Å². The van der Waals surface area contributed by atoms with E-state index in [0.29, 0.717) is 34.8 Å². The number of halogens is 2. The van der Waals surface area contributed by atoms with E-state index in [1.807, 2.05) is 39.8 Å². The summed E-state index contributed by atoms with van der Waals surface area (Å²) in [6.07, 6.45) is 2.36. The molecule has 1 aliphatic rings. The fourth-order valence-corrected chi connectivity index (χ4v) is 4.27. The van der Waals surface area contributed by atoms with E-state index < -0.39 is 17.2 Å². The second kappa shape index (κ2) is 5.89. The Morgan fingerprint density at radius 2 is 1.93 bits per heavy atom. The lowest BCUT2D eigenvalue weighted by Crippen LogP contribution is -2.36. The van der Waals surface area contributed by atoms with Gasteiger partial charge in [0.1, 0.15) is 17.3 Å². The van der Waals surface area contributed by atoms with Crippen LogP contribution in [0.3, 0.4) is 0 Å². The number of nitrogens with zero attached hydrogens (tertiary/aromatic N) is 3. The first-order chi connectivity index (χ1) is 13.8. The number of benzene rings is 2. The molecular formula is C22H21F2N5. The fraction of sp³-hybridized carbons (Fsp3) is 0.273. The molecule has 148 valence electrons. The molecule has 3 heterocycles. The maximum atomic E-state index is 16.0. The summed E-state index contributed by atoms with van der Waals surface area (Å²) in [5.41, 5.74) is 2.14. The summed E-state index contributed by atoms with van der Waals surface area (Å²) in [5, 5.41) is 12.7. The molecule has 0 bridgehead atoms. The third kappa shape index (κ3) is 2.43. The molecule has 0 aliphatic carbocycles. The Kier molecular flexibility index (Phi) is 3.62. The molecule has 0 fully saturated rings. The highest BCUT2D eigenvalue weighted by Gasteiger charge is 2.37. The van der Waals surface area contributed by atoms with Gasteiger partial charge in [0, 0.05) is 29.6 Å². The number of nitrogens with one attached hydrogen (secondary N) is 2. The van der Waals surface area contributed by atoms with Crippen molar-refractivity contribution in [1.82, 2.24) is 19.7 Å². The largest absolute Gasteiger partial charge is 0.371 e. The predicted molar refractivity (Wildman–Crippen MR) is 109 cm³/mol. The van der Waals surface area contributed by atoms with Gasteiger partial charge >= 0.3 is 0 Å². The summed E-state index contributed by atoms with van der Waals surface area (Å²) < 4.78 is 33.0. The molecule has 0 spiro atoms. The minimum absolute atomic E-state index is 0.0527. The highest BCUT2D eigenvalue weighted by atomic mass is 19.1. The van der Waals surface area contributed by atoms with Crippen molar-refractivity contribution in [3.05, 3.63) is 59.3 Å². The van der Waals surface area contributed by atoms with Crippen molar-refractivity contribution in [3.8, 4) is 16.8 Å². The van der Waals surface area contributed by atoms with Gasteiger partial charge in [-0.25, -0.2) is 8.78 Å². The maximum absolute atomic E-state index is 16.0. The topological polar surface area (TPSA) is 58.5 Å². The Labute approximate surface area is 166 Å². The summed E-state index contributed by atoms with van der Waals surface area (Å²) >= 11 is 0. The molecule has 0 amide bonds. The molecule has 4 aromatic rings. The molecular weight excluding hydrogens is 372 g/mol. The molecule has 0 atom stereocenters. The summed E-state index contributed by atoms with van der Waals surface area (Å²) in [6.45, 7) is 7.70. The van der Waals surface area contributed by atoms with Crippen LogP contribution in [0.1, 0.15) is 38.0 Å². The van der Waals surface area contributed by atoms with E-state index in [1.54, 1.807) is 16.8 Å². The van der Waals surface area contributed by atoms with Crippen molar-refractivity contribution in [2.24, 2.45) is 0 Å². The summed E-state index contributed by atoms with van der Waals surface area (Å²) in [5.74, 6) is 0.00925. The fourth-order valence-electron chi connectivity index (χ4n) is 4.27. The highest BCUT2D eigenvalue weighted by Crippen LogP contribution is 2.43. The van der Waals surface area contributed by atoms with Crippen LogP contribution >= 0.6 is 0 Å². The van der Waals surface area contributed by atoms with Gasteiger partial charge in [0.05, 0.1) is 22.3 Å². The lowest BCUT2D eigenvalue weighted by molar-refractivity contribution is 0.516. The van der Waals surface area contributed by atoms with Crippen LogP contribution < -0.4 is 5.32 Å². The zero-order chi connectivity index (χ0) is 20.5. The molecule has 7 heteroatoms. The average Bonchev–Trinajstić information content (AvgIpc) is 3.27. The van der Waals surface area contributed by atoms with Crippen LogP contribution in [0, 0.1) is 18.6 Å². The van der Waals surface area contributed by atoms with Crippen molar-refractivity contribution in [3.63, 3.8) is 0 Å². The summed E-state index contributed by atoms with van der Waals surface area (Å²) in [7, 11) is 0. The molecule has 5 rings (SSSR count). The summed E-state index contributed by atoms with van der Waals surface area (Å²) in [4.78, 5) is 3.12. The van der Waals surface area contributed by atoms with Crippen molar-refractivity contribution >= 4 is 16.6 Å². The van der Waals surface area contributed by atoms with Crippen LogP contribution in [0.25, 0.3) is 27.7 Å². The van der Waals surface area contributed by atoms with Gasteiger partial charge in [-0.3, -0.25) is 4.57 Å². The van der Waals surface area contributed by atoms with E-state index in [1.165, 1.54) is 6.07 Å². The smallest absolute Gasteiger partial charge is 0.162 e. The monoisotopic (exact) mass is 393 g/mol. The zero-order valence-corrected chi connectivity index (χ0v) is 16.7. The Hall–Kier alpha value is -3.22. The van der Waals surface area contributed by atoms with Gasteiger partial charge in [0.25, 0.3) is 0 Å². The predicted octanol–water partition coefficient (Wildman–Crippen LogP) is 5.23. The molecule has 0 saturated heterocycles. The van der Waals surface area contributed by atoms with E-state index in [-0.39, 0.29) is 11.3 Å². The Balaban J connectivity index is 1.87. The Bertz CT molecular complexity index is 1280. The van der Waals surface area contributed by atoms with Crippen molar-refractivity contribution < 1.29 is 8.78 Å². The van der Waals surface area contributed by atoms with Gasteiger partial charge in [-0.15, -0.1) is 10.2 Å². The first-order valence-electron chi connectivity index (χ1n) is 9.65. The molecule has 0 radical (unpaired) electrons. The third-order valence-electron chi connectivity index (χ3n) is 5.54. The van der Waals surface area contributed by atoms with E-state index in [9.17, 15) is 0 Å². The number of hydrogen-bond donors (Lipinski definition) is 2. The number of hydrogen-bond acceptors (Lipinski definition) is 3. The van der Waals surface area contributed by atoms with Gasteiger partial charge in [0.15, 0.2) is 11.6 Å². The number of fused-ring (bicyclic) bond motifs is 4. The van der Waals surface area contributed by atoms with E-state index in [0.717, 1.165) is 10.9 Å². The minimum atomic E-state index is -0.625. The minimum Gasteiger partial charge on any atom is -0.371 e. The first-order valence-corrected chi connectivity index (χ1v) is 9.65. The molecule has 0 saturated carbocycles. The Morgan fingerprint density at radius 1 is 1.14 bits per heavy atom. The second-order valence-electron chi connectivity index (χ2n) is 8.08. The second-order valence-corrected chi connectivity index (χ2v) is 8.08. The van der Waals surface area contributed by atoms with Crippen LogP contribution in [-0.4, -0.2) is 19.7 Å². The Morgan fingerprint density at radius 3 is 2.69 bits per heavy atom. The number of H-pyrrole nitrogens is 1. The SMILES string of the molecule is CCc1nnc2n1-c1c(cc(F)c(-c3cc(C)cc4cc[nH]c34)c1F)NC2(C)C. The lowest BCUT2D eigenvalue weighted by atomic mass is 9.95. The molecule has 29 heavy (non-hydrogen) atoms. The molecule has 2 N–H and O–H groups in total. The molecule has 5 nitrogen and oxygen atoms in total. The standard InChI is InChI=1S/C22H21F2N5/c1-5-16-27-28-21-22(3,4)26-15-10-14(23)17(18(24)20(15)29(16)21)13-9-11(2)8-12-6-7-25-19(12)13/h6-10,25-26H,5H2,1-4H3. The number of aryl methyl sites for hydroxylation is 2. The third-order valence-corrected chi connectivity index (χ3v) is 5.54. The average molecular weight is 393 g/mol. The quantitative estimate of drug-likeness (QED) is 0.491. The van der Waals surface area contributed by atoms with Crippen LogP contribution in [0.4, 0.5) is 14.5 Å². The van der Waals surface area contributed by atoms with Crippen molar-refractivity contribution in [1.29, 1.82) is 0 Å². The van der Waals surface area contributed by atoms with Crippen LogP contribution in [0.15, 0.2) is 30.5 Å². The van der Waals surface area contributed by atoms with E-state index >= 15 is 8.78 Å². The van der Waals surface area contributed by atoms with Gasteiger partial charge in [-0.2, -0.15) is 0 Å². The molecule has 1 aliphatic heterocycles. The van der Waals surface area contributed by atoms with Crippen molar-refractivity contribution in [2.75, 3.05) is 5.32 Å². The van der Waals surface area contributed by atoms with Crippen LogP contribution in [0.2, 0.25) is 0 Å². The van der Waals surface area contributed by atoms with Gasteiger partial charge in [0.2, 0.25) is 0 Å². The van der Waals surface area contributed by atoms with E-state index in [4.69, 9.17) is 0 Å². The molecule has 2 aromatic heterocycles. The number of aromatic amines is 1. The number of aromatic nitrogens is 4. The van der Waals surface area contributed by atoms with Gasteiger partial charge in [-0.1, -0.05) is 6.92 Å². The lowest BCUT2D eigenvalue weighted by Gasteiger charge is -2.34. The number of anilines is 1. The maximum Gasteiger partial charge on any atom is 0.162 e. The van der Waals surface area contributed by atoms with Gasteiger partial charge < -0.3 is 10.3 Å². The molecule has 2 aromatic carbocycles. The molecule has 0 unspecified atom stereocenters. The van der Waals surface area contributed by atoms with Crippen molar-refractivity contribution in [2.45, 2.75) is 39.7 Å². The van der Waals surface area contributed by atoms with Gasteiger partial charge in [-0.05, 0) is 44.5 Å². The first kappa shape index (κ1) is 17.8. The highest BCUT2D eigenvalue weighted by molar-refractivity contribution is 5.96. The van der Waals surface area contributed by atoms with E-state index in [2.05, 4.69) is 20.5 Å². The summed E-state index contributed by atoms with van der Waals surface area (Å²) in [6, 6.07) is 7.06. The van der Waals surface area contributed by atoms with Crippen LogP contribution in [0.5, 0.6) is 0 Å². The normalized spacial score (nSPS) is 14.6.